The molecule has 31 heavy (non-hydrogen) atoms. The van der Waals surface area contributed by atoms with Gasteiger partial charge in [0.05, 0.1) is 18.4 Å². The molecule has 0 spiro atoms. The summed E-state index contributed by atoms with van der Waals surface area (Å²) in [6, 6.07) is 12.0. The van der Waals surface area contributed by atoms with Crippen molar-refractivity contribution in [3.8, 4) is 11.5 Å². The fraction of sp³-hybridized carbons (Fsp3) is 0.174. The topological polar surface area (TPSA) is 103 Å². The first-order chi connectivity index (χ1) is 14.8. The van der Waals surface area contributed by atoms with Crippen molar-refractivity contribution in [3.63, 3.8) is 0 Å². The third-order valence-electron chi connectivity index (χ3n) is 6.01. The Morgan fingerprint density at radius 1 is 1.00 bits per heavy atom. The molecule has 0 unspecified atom stereocenters. The number of phenols is 1. The predicted molar refractivity (Wildman–Crippen MR) is 115 cm³/mol. The number of rotatable bonds is 2. The molecular formula is C23H19N3O5. The molecule has 0 saturated carbocycles. The van der Waals surface area contributed by atoms with Gasteiger partial charge in [0.2, 0.25) is 0 Å². The molecule has 0 fully saturated rings. The summed E-state index contributed by atoms with van der Waals surface area (Å²) < 4.78 is 7.53. The molecule has 3 aromatic rings. The number of nitrogens with one attached hydrogen (secondary N) is 1. The van der Waals surface area contributed by atoms with Crippen molar-refractivity contribution in [2.24, 2.45) is 14.1 Å². The van der Waals surface area contributed by atoms with Crippen LogP contribution in [-0.2, 0) is 14.1 Å². The molecular weight excluding hydrogens is 398 g/mol. The van der Waals surface area contributed by atoms with E-state index in [-0.39, 0.29) is 22.8 Å². The summed E-state index contributed by atoms with van der Waals surface area (Å²) in [6.07, 6.45) is 0. The zero-order valence-electron chi connectivity index (χ0n) is 17.1. The van der Waals surface area contributed by atoms with Crippen LogP contribution in [0.5, 0.6) is 11.5 Å². The van der Waals surface area contributed by atoms with Gasteiger partial charge in [0.15, 0.2) is 17.3 Å². The molecule has 1 aliphatic carbocycles. The first-order valence-electron chi connectivity index (χ1n) is 9.67. The lowest BCUT2D eigenvalue weighted by Gasteiger charge is -2.29. The van der Waals surface area contributed by atoms with Crippen LogP contribution in [-0.4, -0.2) is 27.1 Å². The Morgan fingerprint density at radius 2 is 1.71 bits per heavy atom. The summed E-state index contributed by atoms with van der Waals surface area (Å²) in [5, 5.41) is 13.6. The summed E-state index contributed by atoms with van der Waals surface area (Å²) in [5.74, 6) is -0.460. The van der Waals surface area contributed by atoms with Crippen molar-refractivity contribution in [3.05, 3.63) is 91.1 Å². The monoisotopic (exact) mass is 417 g/mol. The molecule has 0 radical (unpaired) electrons. The van der Waals surface area contributed by atoms with Gasteiger partial charge >= 0.3 is 5.69 Å². The molecule has 2 heterocycles. The Bertz CT molecular complexity index is 1440. The second-order valence-electron chi connectivity index (χ2n) is 7.62. The number of ether oxygens (including phenoxy) is 1. The fourth-order valence-electron chi connectivity index (χ4n) is 4.48. The Labute approximate surface area is 176 Å². The van der Waals surface area contributed by atoms with Gasteiger partial charge in [0.1, 0.15) is 5.82 Å². The lowest BCUT2D eigenvalue weighted by Crippen LogP contribution is -2.42. The van der Waals surface area contributed by atoms with E-state index in [0.29, 0.717) is 33.8 Å². The Hall–Kier alpha value is -4.07. The number of aromatic nitrogens is 2. The Balaban J connectivity index is 1.87. The number of carbonyl (C=O) groups excluding carboxylic acids is 1. The highest BCUT2D eigenvalue weighted by Gasteiger charge is 2.42. The van der Waals surface area contributed by atoms with E-state index in [9.17, 15) is 19.5 Å². The standard InChI is InChI=1S/C23H19N3O5/c1-25-21-18(22(29)26(2)23(25)30)16(11-8-9-15(31-3)14(27)10-11)17-19(24-21)12-6-4-5-7-13(12)20(17)28/h4-10,16,24,27H,1-3H3/t16-/m1/s1. The summed E-state index contributed by atoms with van der Waals surface area (Å²) in [7, 11) is 4.42. The molecule has 5 rings (SSSR count). The Morgan fingerprint density at radius 3 is 2.39 bits per heavy atom. The van der Waals surface area contributed by atoms with E-state index >= 15 is 0 Å². The summed E-state index contributed by atoms with van der Waals surface area (Å²) in [6.45, 7) is 0. The molecule has 2 aromatic carbocycles. The molecule has 2 N–H and O–H groups in total. The minimum atomic E-state index is -0.770. The van der Waals surface area contributed by atoms with Crippen LogP contribution >= 0.6 is 0 Å². The predicted octanol–water partition coefficient (Wildman–Crippen LogP) is 1.96. The molecule has 1 atom stereocenters. The average molecular weight is 417 g/mol. The van der Waals surface area contributed by atoms with Gasteiger partial charge in [-0.25, -0.2) is 4.79 Å². The van der Waals surface area contributed by atoms with Crippen LogP contribution in [0.1, 0.15) is 33.0 Å². The molecule has 0 bridgehead atoms. The van der Waals surface area contributed by atoms with E-state index in [1.807, 2.05) is 12.1 Å². The van der Waals surface area contributed by atoms with E-state index < -0.39 is 17.2 Å². The minimum absolute atomic E-state index is 0.105. The minimum Gasteiger partial charge on any atom is -0.504 e. The molecule has 0 saturated heterocycles. The molecule has 1 aliphatic heterocycles. The summed E-state index contributed by atoms with van der Waals surface area (Å²) in [5.41, 5.74) is 2.06. The highest BCUT2D eigenvalue weighted by atomic mass is 16.5. The van der Waals surface area contributed by atoms with Crippen LogP contribution in [0.4, 0.5) is 5.82 Å². The van der Waals surface area contributed by atoms with Crippen molar-refractivity contribution in [1.29, 1.82) is 0 Å². The number of allylic oxidation sites excluding steroid dienone is 1. The van der Waals surface area contributed by atoms with Gasteiger partial charge in [0.25, 0.3) is 5.56 Å². The number of nitrogens with zero attached hydrogens (tertiary/aromatic N) is 2. The molecule has 2 aliphatic rings. The first-order valence-corrected chi connectivity index (χ1v) is 9.67. The number of Topliss-reactive ketones (excluding diaryl/α,β-unsaturated/α-hetero) is 1. The third-order valence-corrected chi connectivity index (χ3v) is 6.01. The van der Waals surface area contributed by atoms with Crippen LogP contribution in [0.25, 0.3) is 5.70 Å². The zero-order valence-corrected chi connectivity index (χ0v) is 17.1. The average Bonchev–Trinajstić information content (AvgIpc) is 3.07. The van der Waals surface area contributed by atoms with Gasteiger partial charge in [-0.15, -0.1) is 0 Å². The number of methoxy groups -OCH3 is 1. The van der Waals surface area contributed by atoms with Crippen LogP contribution in [0, 0.1) is 0 Å². The number of phenolic OH excluding ortho intramolecular Hbond substituents is 1. The SMILES string of the molecule is COc1ccc([C@@H]2C3=C(Nc4c2c(=O)n(C)c(=O)n4C)c2ccccc2C3=O)cc1O. The van der Waals surface area contributed by atoms with E-state index in [4.69, 9.17) is 4.74 Å². The number of fused-ring (bicyclic) bond motifs is 3. The Kier molecular flexibility index (Phi) is 3.95. The highest BCUT2D eigenvalue weighted by Crippen LogP contribution is 2.48. The van der Waals surface area contributed by atoms with Gasteiger partial charge in [-0.2, -0.15) is 0 Å². The second kappa shape index (κ2) is 6.46. The van der Waals surface area contributed by atoms with Crippen molar-refractivity contribution < 1.29 is 14.6 Å². The smallest absolute Gasteiger partial charge is 0.332 e. The maximum Gasteiger partial charge on any atom is 0.332 e. The second-order valence-corrected chi connectivity index (χ2v) is 7.62. The van der Waals surface area contributed by atoms with Crippen LogP contribution in [0.2, 0.25) is 0 Å². The molecule has 8 nitrogen and oxygen atoms in total. The number of benzene rings is 2. The fourth-order valence-corrected chi connectivity index (χ4v) is 4.48. The molecule has 1 aromatic heterocycles. The van der Waals surface area contributed by atoms with Crippen molar-refractivity contribution in [2.45, 2.75) is 5.92 Å². The van der Waals surface area contributed by atoms with Gasteiger partial charge in [-0.05, 0) is 17.7 Å². The van der Waals surface area contributed by atoms with Crippen molar-refractivity contribution in [1.82, 2.24) is 9.13 Å². The zero-order chi connectivity index (χ0) is 22.0. The van der Waals surface area contributed by atoms with E-state index in [1.165, 1.54) is 24.8 Å². The number of hydrogen-bond acceptors (Lipinski definition) is 6. The summed E-state index contributed by atoms with van der Waals surface area (Å²) >= 11 is 0. The maximum absolute atomic E-state index is 13.4. The van der Waals surface area contributed by atoms with Crippen LogP contribution in [0.3, 0.4) is 0 Å². The van der Waals surface area contributed by atoms with Crippen molar-refractivity contribution >= 4 is 17.3 Å². The van der Waals surface area contributed by atoms with E-state index in [0.717, 1.165) is 4.57 Å². The first kappa shape index (κ1) is 18.9. The van der Waals surface area contributed by atoms with Crippen LogP contribution in [0.15, 0.2) is 57.6 Å². The number of anilines is 1. The quantitative estimate of drug-likeness (QED) is 0.661. The van der Waals surface area contributed by atoms with E-state index in [2.05, 4.69) is 5.32 Å². The number of ketones is 1. The number of hydrogen-bond donors (Lipinski definition) is 2. The lowest BCUT2D eigenvalue weighted by molar-refractivity contribution is 0.103. The maximum atomic E-state index is 13.4. The van der Waals surface area contributed by atoms with Crippen LogP contribution < -0.4 is 21.3 Å². The molecule has 8 heteroatoms. The van der Waals surface area contributed by atoms with Gasteiger partial charge in [-0.3, -0.25) is 18.7 Å². The third kappa shape index (κ3) is 2.44. The summed E-state index contributed by atoms with van der Waals surface area (Å²) in [4.78, 5) is 39.2. The normalized spacial score (nSPS) is 16.5. The van der Waals surface area contributed by atoms with Gasteiger partial charge in [-0.1, -0.05) is 30.3 Å². The van der Waals surface area contributed by atoms with Gasteiger partial charge < -0.3 is 15.2 Å². The van der Waals surface area contributed by atoms with E-state index in [1.54, 1.807) is 31.3 Å². The highest BCUT2D eigenvalue weighted by molar-refractivity contribution is 6.23. The largest absolute Gasteiger partial charge is 0.504 e. The molecule has 156 valence electrons. The number of aromatic hydroxyl groups is 1. The molecule has 0 amide bonds. The number of carbonyl (C=O) groups is 1. The van der Waals surface area contributed by atoms with Crippen molar-refractivity contribution in [2.75, 3.05) is 12.4 Å². The van der Waals surface area contributed by atoms with Gasteiger partial charge in [0, 0.05) is 36.7 Å². The lowest BCUT2D eigenvalue weighted by atomic mass is 9.81.